The summed E-state index contributed by atoms with van der Waals surface area (Å²) in [5.74, 6) is 0.429. The molecule has 1 aromatic rings. The summed E-state index contributed by atoms with van der Waals surface area (Å²) >= 11 is 0. The van der Waals surface area contributed by atoms with Crippen LogP contribution in [-0.4, -0.2) is 48.1 Å². The monoisotopic (exact) mass is 272 g/mol. The SMILES string of the molecule is CCCOc1nc(N)nc(OCCOCCO)c1N. The Morgan fingerprint density at radius 2 is 1.63 bits per heavy atom. The predicted molar refractivity (Wildman–Crippen MR) is 70.0 cm³/mol. The fraction of sp³-hybridized carbons (Fsp3) is 0.636. The van der Waals surface area contributed by atoms with Gasteiger partial charge in [-0.3, -0.25) is 0 Å². The Balaban J connectivity index is 2.58. The van der Waals surface area contributed by atoms with E-state index in [4.69, 9.17) is 30.8 Å². The van der Waals surface area contributed by atoms with Gasteiger partial charge >= 0.3 is 0 Å². The molecule has 0 radical (unpaired) electrons. The second-order valence-electron chi connectivity index (χ2n) is 3.64. The number of nitrogens with two attached hydrogens (primary N) is 2. The van der Waals surface area contributed by atoms with E-state index in [2.05, 4.69) is 9.97 Å². The molecule has 8 heteroatoms. The highest BCUT2D eigenvalue weighted by Gasteiger charge is 2.13. The van der Waals surface area contributed by atoms with E-state index in [1.54, 1.807) is 0 Å². The second kappa shape index (κ2) is 8.33. The first kappa shape index (κ1) is 15.3. The van der Waals surface area contributed by atoms with Crippen molar-refractivity contribution in [2.75, 3.05) is 44.5 Å². The summed E-state index contributed by atoms with van der Waals surface area (Å²) in [4.78, 5) is 7.80. The van der Waals surface area contributed by atoms with E-state index in [1.807, 2.05) is 6.92 Å². The van der Waals surface area contributed by atoms with E-state index >= 15 is 0 Å². The Kier molecular flexibility index (Phi) is 6.69. The molecule has 19 heavy (non-hydrogen) atoms. The van der Waals surface area contributed by atoms with E-state index in [9.17, 15) is 0 Å². The van der Waals surface area contributed by atoms with Crippen molar-refractivity contribution in [3.63, 3.8) is 0 Å². The third kappa shape index (κ3) is 5.14. The molecular formula is C11H20N4O4. The van der Waals surface area contributed by atoms with Gasteiger partial charge in [-0.05, 0) is 6.42 Å². The molecule has 0 saturated heterocycles. The van der Waals surface area contributed by atoms with E-state index in [0.717, 1.165) is 6.42 Å². The van der Waals surface area contributed by atoms with Crippen molar-refractivity contribution in [1.82, 2.24) is 9.97 Å². The first-order chi connectivity index (χ1) is 9.19. The lowest BCUT2D eigenvalue weighted by Crippen LogP contribution is -2.13. The van der Waals surface area contributed by atoms with Crippen LogP contribution in [0.1, 0.15) is 13.3 Å². The van der Waals surface area contributed by atoms with Crippen molar-refractivity contribution >= 4 is 11.6 Å². The normalized spacial score (nSPS) is 10.4. The Morgan fingerprint density at radius 3 is 2.21 bits per heavy atom. The van der Waals surface area contributed by atoms with Crippen LogP contribution in [0.3, 0.4) is 0 Å². The van der Waals surface area contributed by atoms with E-state index in [0.29, 0.717) is 13.2 Å². The summed E-state index contributed by atoms with van der Waals surface area (Å²) in [6.45, 7) is 3.24. The van der Waals surface area contributed by atoms with Crippen LogP contribution in [0.15, 0.2) is 0 Å². The maximum absolute atomic E-state index is 8.54. The molecule has 1 rings (SSSR count). The van der Waals surface area contributed by atoms with Crippen molar-refractivity contribution in [3.8, 4) is 11.8 Å². The Bertz CT molecular complexity index is 389. The van der Waals surface area contributed by atoms with E-state index in [-0.39, 0.29) is 43.2 Å². The molecule has 0 fully saturated rings. The van der Waals surface area contributed by atoms with Gasteiger partial charge in [0.2, 0.25) is 17.7 Å². The van der Waals surface area contributed by atoms with Gasteiger partial charge in [0, 0.05) is 0 Å². The lowest BCUT2D eigenvalue weighted by Gasteiger charge is -2.12. The lowest BCUT2D eigenvalue weighted by molar-refractivity contribution is 0.0696. The van der Waals surface area contributed by atoms with Crippen molar-refractivity contribution < 1.29 is 19.3 Å². The zero-order valence-electron chi connectivity index (χ0n) is 11.0. The lowest BCUT2D eigenvalue weighted by atomic mass is 10.4. The van der Waals surface area contributed by atoms with Crippen LogP contribution in [0, 0.1) is 0 Å². The summed E-state index contributed by atoms with van der Waals surface area (Å²) in [7, 11) is 0. The molecule has 0 aliphatic carbocycles. The van der Waals surface area contributed by atoms with Crippen LogP contribution >= 0.6 is 0 Å². The first-order valence-electron chi connectivity index (χ1n) is 6.06. The third-order valence-electron chi connectivity index (χ3n) is 2.04. The standard InChI is InChI=1S/C11H20N4O4/c1-2-4-18-9-8(12)10(15-11(13)14-9)19-7-6-17-5-3-16/h16H,2-7,12H2,1H3,(H2,13,14,15). The summed E-state index contributed by atoms with van der Waals surface area (Å²) in [5, 5.41) is 8.54. The average Bonchev–Trinajstić information content (AvgIpc) is 2.40. The van der Waals surface area contributed by atoms with Gasteiger partial charge in [0.25, 0.3) is 0 Å². The highest BCUT2D eigenvalue weighted by Crippen LogP contribution is 2.28. The molecule has 0 unspecified atom stereocenters. The molecule has 0 aliphatic rings. The van der Waals surface area contributed by atoms with Crippen LogP contribution < -0.4 is 20.9 Å². The summed E-state index contributed by atoms with van der Waals surface area (Å²) in [6.07, 6.45) is 0.828. The van der Waals surface area contributed by atoms with Crippen LogP contribution in [0.5, 0.6) is 11.8 Å². The first-order valence-corrected chi connectivity index (χ1v) is 6.06. The number of hydrogen-bond donors (Lipinski definition) is 3. The molecule has 0 saturated carbocycles. The van der Waals surface area contributed by atoms with Gasteiger partial charge < -0.3 is 30.8 Å². The maximum Gasteiger partial charge on any atom is 0.246 e. The summed E-state index contributed by atoms with van der Waals surface area (Å²) in [5.41, 5.74) is 11.6. The Hall–Kier alpha value is -1.80. The highest BCUT2D eigenvalue weighted by atomic mass is 16.5. The zero-order chi connectivity index (χ0) is 14.1. The molecule has 8 nitrogen and oxygen atoms in total. The minimum Gasteiger partial charge on any atom is -0.476 e. The predicted octanol–water partition coefficient (Wildman–Crippen LogP) is -0.182. The van der Waals surface area contributed by atoms with Crippen LogP contribution in [0.2, 0.25) is 0 Å². The van der Waals surface area contributed by atoms with Gasteiger partial charge in [-0.25, -0.2) is 0 Å². The number of nitrogens with zero attached hydrogens (tertiary/aromatic N) is 2. The van der Waals surface area contributed by atoms with Crippen LogP contribution in [0.25, 0.3) is 0 Å². The van der Waals surface area contributed by atoms with E-state index < -0.39 is 0 Å². The molecule has 0 bridgehead atoms. The third-order valence-corrected chi connectivity index (χ3v) is 2.04. The molecule has 5 N–H and O–H groups in total. The molecule has 0 spiro atoms. The molecule has 108 valence electrons. The van der Waals surface area contributed by atoms with Crippen LogP contribution in [-0.2, 0) is 4.74 Å². The fourth-order valence-corrected chi connectivity index (χ4v) is 1.23. The molecule has 0 aliphatic heterocycles. The number of rotatable bonds is 9. The minimum absolute atomic E-state index is 0.0302. The molecule has 1 heterocycles. The Labute approximate surface area is 111 Å². The number of aliphatic hydroxyl groups is 1. The molecule has 0 aromatic carbocycles. The smallest absolute Gasteiger partial charge is 0.246 e. The van der Waals surface area contributed by atoms with Gasteiger partial charge in [-0.2, -0.15) is 9.97 Å². The minimum atomic E-state index is -0.0302. The fourth-order valence-electron chi connectivity index (χ4n) is 1.23. The van der Waals surface area contributed by atoms with Crippen molar-refractivity contribution in [2.45, 2.75) is 13.3 Å². The molecule has 0 amide bonds. The zero-order valence-corrected chi connectivity index (χ0v) is 11.0. The highest BCUT2D eigenvalue weighted by molar-refractivity contribution is 5.58. The summed E-state index contributed by atoms with van der Waals surface area (Å²) in [6, 6.07) is 0. The van der Waals surface area contributed by atoms with E-state index in [1.165, 1.54) is 0 Å². The molecule has 1 aromatic heterocycles. The van der Waals surface area contributed by atoms with Crippen molar-refractivity contribution in [2.24, 2.45) is 0 Å². The van der Waals surface area contributed by atoms with Gasteiger partial charge in [0.1, 0.15) is 6.61 Å². The van der Waals surface area contributed by atoms with Gasteiger partial charge in [0.05, 0.1) is 26.4 Å². The number of nitrogen functional groups attached to an aromatic ring is 2. The number of aliphatic hydroxyl groups excluding tert-OH is 1. The van der Waals surface area contributed by atoms with Crippen LogP contribution in [0.4, 0.5) is 11.6 Å². The summed E-state index contributed by atoms with van der Waals surface area (Å²) < 4.78 is 15.7. The number of ether oxygens (including phenoxy) is 3. The topological polar surface area (TPSA) is 126 Å². The molecular weight excluding hydrogens is 252 g/mol. The number of anilines is 2. The maximum atomic E-state index is 8.54. The quantitative estimate of drug-likeness (QED) is 0.528. The number of aromatic nitrogens is 2. The van der Waals surface area contributed by atoms with Crippen molar-refractivity contribution in [1.29, 1.82) is 0 Å². The largest absolute Gasteiger partial charge is 0.476 e. The second-order valence-corrected chi connectivity index (χ2v) is 3.64. The molecule has 0 atom stereocenters. The van der Waals surface area contributed by atoms with Gasteiger partial charge in [0.15, 0.2) is 5.69 Å². The van der Waals surface area contributed by atoms with Gasteiger partial charge in [-0.15, -0.1) is 0 Å². The van der Waals surface area contributed by atoms with Crippen molar-refractivity contribution in [3.05, 3.63) is 0 Å². The average molecular weight is 272 g/mol. The van der Waals surface area contributed by atoms with Gasteiger partial charge in [-0.1, -0.05) is 6.92 Å². The number of hydrogen-bond acceptors (Lipinski definition) is 8. The Morgan fingerprint density at radius 1 is 1.00 bits per heavy atom.